The van der Waals surface area contributed by atoms with Crippen molar-refractivity contribution in [3.8, 4) is 11.5 Å². The Hall–Kier alpha value is -4.34. The van der Waals surface area contributed by atoms with E-state index >= 15 is 0 Å². The molecule has 4 rings (SSSR count). The zero-order valence-corrected chi connectivity index (χ0v) is 24.8. The SMILES string of the molecule is COc1ccc(/C=C(\NC(=O)c2ccccc2)C(=O)Nc2cccc(SCC(=O)c3ccc(Br)cc3)c2)c(OC)c1. The maximum absolute atomic E-state index is 13.5. The highest BCUT2D eigenvalue weighted by atomic mass is 79.9. The van der Waals surface area contributed by atoms with Crippen molar-refractivity contribution in [3.05, 3.63) is 124 Å². The lowest BCUT2D eigenvalue weighted by atomic mass is 10.1. The van der Waals surface area contributed by atoms with Gasteiger partial charge in [-0.2, -0.15) is 0 Å². The summed E-state index contributed by atoms with van der Waals surface area (Å²) < 4.78 is 11.6. The van der Waals surface area contributed by atoms with E-state index in [0.717, 1.165) is 9.37 Å². The van der Waals surface area contributed by atoms with Crippen LogP contribution in [0.1, 0.15) is 26.3 Å². The zero-order chi connectivity index (χ0) is 29.2. The number of rotatable bonds is 11. The van der Waals surface area contributed by atoms with Crippen molar-refractivity contribution in [1.82, 2.24) is 5.32 Å². The summed E-state index contributed by atoms with van der Waals surface area (Å²) in [6, 6.07) is 28.2. The Bertz CT molecular complexity index is 1570. The van der Waals surface area contributed by atoms with Crippen molar-refractivity contribution >= 4 is 57.1 Å². The minimum absolute atomic E-state index is 0.000721. The van der Waals surface area contributed by atoms with Crippen LogP contribution in [0.3, 0.4) is 0 Å². The molecule has 2 amide bonds. The Kier molecular flexibility index (Phi) is 10.4. The first-order valence-electron chi connectivity index (χ1n) is 12.5. The highest BCUT2D eigenvalue weighted by molar-refractivity contribution is 9.10. The number of halogens is 1. The number of benzene rings is 4. The van der Waals surface area contributed by atoms with Gasteiger partial charge in [-0.05, 0) is 60.7 Å². The summed E-state index contributed by atoms with van der Waals surface area (Å²) in [5.41, 5.74) is 2.13. The first kappa shape index (κ1) is 29.6. The molecule has 2 N–H and O–H groups in total. The average Bonchev–Trinajstić information content (AvgIpc) is 3.00. The molecule has 9 heteroatoms. The van der Waals surface area contributed by atoms with Gasteiger partial charge in [0.1, 0.15) is 17.2 Å². The predicted octanol–water partition coefficient (Wildman–Crippen LogP) is 6.85. The summed E-state index contributed by atoms with van der Waals surface area (Å²) >= 11 is 4.75. The van der Waals surface area contributed by atoms with Gasteiger partial charge in [-0.15, -0.1) is 11.8 Å². The predicted molar refractivity (Wildman–Crippen MR) is 166 cm³/mol. The minimum Gasteiger partial charge on any atom is -0.497 e. The number of Topliss-reactive ketones (excluding diaryl/α,β-unsaturated/α-hetero) is 1. The van der Waals surface area contributed by atoms with Gasteiger partial charge in [0.2, 0.25) is 0 Å². The number of ketones is 1. The molecule has 0 fully saturated rings. The third-order valence-electron chi connectivity index (χ3n) is 5.90. The lowest BCUT2D eigenvalue weighted by Gasteiger charge is -2.13. The average molecular weight is 632 g/mol. The minimum atomic E-state index is -0.528. The van der Waals surface area contributed by atoms with Gasteiger partial charge in [0.15, 0.2) is 5.78 Å². The summed E-state index contributed by atoms with van der Waals surface area (Å²) in [5.74, 6) is 0.340. The van der Waals surface area contributed by atoms with Crippen LogP contribution in [0, 0.1) is 0 Å². The van der Waals surface area contributed by atoms with Crippen molar-refractivity contribution in [2.45, 2.75) is 4.90 Å². The topological polar surface area (TPSA) is 93.7 Å². The van der Waals surface area contributed by atoms with E-state index in [1.807, 2.05) is 18.2 Å². The summed E-state index contributed by atoms with van der Waals surface area (Å²) in [5, 5.41) is 5.58. The van der Waals surface area contributed by atoms with Crippen LogP contribution in [0.15, 0.2) is 112 Å². The number of amides is 2. The van der Waals surface area contributed by atoms with E-state index in [4.69, 9.17) is 9.47 Å². The molecule has 0 aromatic heterocycles. The molecule has 0 bridgehead atoms. The monoisotopic (exact) mass is 630 g/mol. The first-order valence-corrected chi connectivity index (χ1v) is 14.3. The van der Waals surface area contributed by atoms with Crippen LogP contribution in [-0.4, -0.2) is 37.6 Å². The van der Waals surface area contributed by atoms with Crippen LogP contribution in [0.4, 0.5) is 5.69 Å². The van der Waals surface area contributed by atoms with Crippen LogP contribution in [-0.2, 0) is 4.79 Å². The second-order valence-corrected chi connectivity index (χ2v) is 10.7. The molecule has 0 aliphatic rings. The van der Waals surface area contributed by atoms with Crippen LogP contribution < -0.4 is 20.1 Å². The Labute approximate surface area is 251 Å². The van der Waals surface area contributed by atoms with Crippen LogP contribution >= 0.6 is 27.7 Å². The molecule has 7 nitrogen and oxygen atoms in total. The van der Waals surface area contributed by atoms with Crippen molar-refractivity contribution in [1.29, 1.82) is 0 Å². The fourth-order valence-corrected chi connectivity index (χ4v) is 4.88. The Balaban J connectivity index is 1.54. The van der Waals surface area contributed by atoms with Gasteiger partial charge in [0, 0.05) is 37.8 Å². The Morgan fingerprint density at radius 1 is 0.829 bits per heavy atom. The molecule has 0 unspecified atom stereocenters. The number of ether oxygens (including phenoxy) is 2. The van der Waals surface area contributed by atoms with E-state index in [9.17, 15) is 14.4 Å². The number of hydrogen-bond donors (Lipinski definition) is 2. The third kappa shape index (κ3) is 8.33. The molecule has 0 saturated carbocycles. The highest BCUT2D eigenvalue weighted by Crippen LogP contribution is 2.27. The van der Waals surface area contributed by atoms with E-state index in [-0.39, 0.29) is 17.2 Å². The number of carbonyl (C=O) groups is 3. The fourth-order valence-electron chi connectivity index (χ4n) is 3.77. The van der Waals surface area contributed by atoms with Crippen molar-refractivity contribution in [2.24, 2.45) is 0 Å². The molecule has 0 heterocycles. The van der Waals surface area contributed by atoms with Gasteiger partial charge in [-0.1, -0.05) is 52.3 Å². The first-order chi connectivity index (χ1) is 19.9. The molecule has 0 aliphatic carbocycles. The standard InChI is InChI=1S/C32H27BrN2O5S/c1-39-26-16-13-23(30(19-26)40-2)17-28(35-31(37)22-7-4-3-5-8-22)32(38)34-25-9-6-10-27(18-25)41-20-29(36)21-11-14-24(33)15-12-21/h3-19H,20H2,1-2H3,(H,34,38)(H,35,37)/b28-17-. The fraction of sp³-hybridized carbons (Fsp3) is 0.0938. The summed E-state index contributed by atoms with van der Waals surface area (Å²) in [4.78, 5) is 39.9. The molecule has 0 radical (unpaired) electrons. The Morgan fingerprint density at radius 3 is 2.29 bits per heavy atom. The van der Waals surface area contributed by atoms with Crippen LogP contribution in [0.25, 0.3) is 6.08 Å². The number of thioether (sulfide) groups is 1. The highest BCUT2D eigenvalue weighted by Gasteiger charge is 2.17. The van der Waals surface area contributed by atoms with Gasteiger partial charge >= 0.3 is 0 Å². The zero-order valence-electron chi connectivity index (χ0n) is 22.3. The summed E-state index contributed by atoms with van der Waals surface area (Å²) in [7, 11) is 3.06. The molecule has 4 aromatic carbocycles. The van der Waals surface area contributed by atoms with E-state index in [2.05, 4.69) is 26.6 Å². The van der Waals surface area contributed by atoms with Gasteiger partial charge in [0.05, 0.1) is 20.0 Å². The van der Waals surface area contributed by atoms with Crippen molar-refractivity contribution in [3.63, 3.8) is 0 Å². The maximum Gasteiger partial charge on any atom is 0.272 e. The molecule has 4 aromatic rings. The third-order valence-corrected chi connectivity index (χ3v) is 7.42. The largest absolute Gasteiger partial charge is 0.497 e. The molecule has 0 aliphatic heterocycles. The molecule has 0 spiro atoms. The van der Waals surface area contributed by atoms with Crippen molar-refractivity contribution in [2.75, 3.05) is 25.3 Å². The smallest absolute Gasteiger partial charge is 0.272 e. The molecule has 0 saturated heterocycles. The Morgan fingerprint density at radius 2 is 1.59 bits per heavy atom. The van der Waals surface area contributed by atoms with E-state index < -0.39 is 11.8 Å². The number of nitrogens with one attached hydrogen (secondary N) is 2. The number of methoxy groups -OCH3 is 2. The van der Waals surface area contributed by atoms with E-state index in [1.54, 1.807) is 92.0 Å². The lowest BCUT2D eigenvalue weighted by Crippen LogP contribution is -2.30. The quantitative estimate of drug-likeness (QED) is 0.107. The van der Waals surface area contributed by atoms with Crippen LogP contribution in [0.5, 0.6) is 11.5 Å². The lowest BCUT2D eigenvalue weighted by molar-refractivity contribution is -0.113. The van der Waals surface area contributed by atoms with Gasteiger partial charge in [0.25, 0.3) is 11.8 Å². The second-order valence-electron chi connectivity index (χ2n) is 8.69. The molecular weight excluding hydrogens is 604 g/mol. The van der Waals surface area contributed by atoms with Gasteiger partial charge < -0.3 is 20.1 Å². The molecule has 208 valence electrons. The number of anilines is 1. The van der Waals surface area contributed by atoms with E-state index in [1.165, 1.54) is 18.9 Å². The maximum atomic E-state index is 13.5. The van der Waals surface area contributed by atoms with Gasteiger partial charge in [-0.3, -0.25) is 14.4 Å². The molecule has 41 heavy (non-hydrogen) atoms. The number of hydrogen-bond acceptors (Lipinski definition) is 6. The summed E-state index contributed by atoms with van der Waals surface area (Å²) in [6.07, 6.45) is 1.55. The molecule has 0 atom stereocenters. The normalized spacial score (nSPS) is 11.0. The molecular formula is C32H27BrN2O5S. The summed E-state index contributed by atoms with van der Waals surface area (Å²) in [6.45, 7) is 0. The van der Waals surface area contributed by atoms with E-state index in [0.29, 0.717) is 33.9 Å². The second kappa shape index (κ2) is 14.3. The number of carbonyl (C=O) groups excluding carboxylic acids is 3. The van der Waals surface area contributed by atoms with Gasteiger partial charge in [-0.25, -0.2) is 0 Å². The van der Waals surface area contributed by atoms with Crippen LogP contribution in [0.2, 0.25) is 0 Å². The van der Waals surface area contributed by atoms with Crippen molar-refractivity contribution < 1.29 is 23.9 Å².